The molecule has 0 saturated heterocycles. The normalized spacial score (nSPS) is 10.8. The summed E-state index contributed by atoms with van der Waals surface area (Å²) in [6, 6.07) is 26.1. The van der Waals surface area contributed by atoms with Gasteiger partial charge >= 0.3 is 0 Å². The quantitative estimate of drug-likeness (QED) is 0.301. The number of nitrogens with one attached hydrogen (secondary N) is 1. The Bertz CT molecular complexity index is 1180. The lowest BCUT2D eigenvalue weighted by atomic mass is 10.1. The molecule has 32 heavy (non-hydrogen) atoms. The molecule has 4 aromatic rings. The van der Waals surface area contributed by atoms with E-state index in [2.05, 4.69) is 74.8 Å². The zero-order chi connectivity index (χ0) is 22.3. The van der Waals surface area contributed by atoms with Crippen molar-refractivity contribution in [3.05, 3.63) is 100 Å². The molecule has 7 heteroatoms. The van der Waals surface area contributed by atoms with Crippen molar-refractivity contribution in [3.8, 4) is 5.69 Å². The first-order valence-electron chi connectivity index (χ1n) is 10.4. The third kappa shape index (κ3) is 5.66. The summed E-state index contributed by atoms with van der Waals surface area (Å²) in [4.78, 5) is 12.5. The first-order valence-corrected chi connectivity index (χ1v) is 12.2. The second kappa shape index (κ2) is 10.6. The van der Waals surface area contributed by atoms with Crippen molar-refractivity contribution >= 4 is 39.3 Å². The van der Waals surface area contributed by atoms with Gasteiger partial charge in [0.05, 0.1) is 5.75 Å². The highest BCUT2D eigenvalue weighted by molar-refractivity contribution is 9.10. The van der Waals surface area contributed by atoms with E-state index in [4.69, 9.17) is 0 Å². The number of hydrogen-bond acceptors (Lipinski definition) is 4. The van der Waals surface area contributed by atoms with Gasteiger partial charge in [0.2, 0.25) is 5.91 Å². The van der Waals surface area contributed by atoms with Crippen LogP contribution in [0.4, 0.5) is 5.69 Å². The molecule has 0 aliphatic rings. The van der Waals surface area contributed by atoms with Gasteiger partial charge in [0.15, 0.2) is 5.16 Å². The number of aromatic nitrogens is 3. The van der Waals surface area contributed by atoms with E-state index in [1.807, 2.05) is 47.0 Å². The average molecular weight is 507 g/mol. The number of amides is 1. The second-order valence-electron chi connectivity index (χ2n) is 7.26. The molecule has 1 N–H and O–H groups in total. The molecule has 0 bridgehead atoms. The summed E-state index contributed by atoms with van der Waals surface area (Å²) >= 11 is 4.79. The van der Waals surface area contributed by atoms with Crippen LogP contribution in [0.1, 0.15) is 23.9 Å². The molecule has 0 atom stereocenters. The molecule has 3 aromatic carbocycles. The van der Waals surface area contributed by atoms with Crippen LogP contribution in [0.25, 0.3) is 5.69 Å². The molecule has 0 saturated carbocycles. The van der Waals surface area contributed by atoms with E-state index in [9.17, 15) is 4.79 Å². The minimum Gasteiger partial charge on any atom is -0.325 e. The zero-order valence-electron chi connectivity index (χ0n) is 17.7. The predicted octanol–water partition coefficient (Wildman–Crippen LogP) is 5.91. The van der Waals surface area contributed by atoms with Crippen LogP contribution < -0.4 is 5.32 Å². The Hall–Kier alpha value is -2.90. The largest absolute Gasteiger partial charge is 0.325 e. The third-order valence-corrected chi connectivity index (χ3v) is 6.43. The van der Waals surface area contributed by atoms with E-state index in [0.29, 0.717) is 11.6 Å². The van der Waals surface area contributed by atoms with E-state index < -0.39 is 0 Å². The van der Waals surface area contributed by atoms with Crippen molar-refractivity contribution in [1.29, 1.82) is 0 Å². The summed E-state index contributed by atoms with van der Waals surface area (Å²) in [5.74, 6) is 1.00. The van der Waals surface area contributed by atoms with Gasteiger partial charge in [-0.15, -0.1) is 10.2 Å². The fourth-order valence-corrected chi connectivity index (χ4v) is 4.32. The van der Waals surface area contributed by atoms with Crippen LogP contribution in [-0.2, 0) is 17.6 Å². The van der Waals surface area contributed by atoms with E-state index in [0.717, 1.165) is 33.7 Å². The van der Waals surface area contributed by atoms with E-state index in [-0.39, 0.29) is 11.7 Å². The highest BCUT2D eigenvalue weighted by atomic mass is 79.9. The van der Waals surface area contributed by atoms with Gasteiger partial charge in [-0.2, -0.15) is 0 Å². The van der Waals surface area contributed by atoms with Crippen LogP contribution >= 0.6 is 27.7 Å². The Kier molecular flexibility index (Phi) is 7.39. The molecule has 0 aliphatic carbocycles. The number of rotatable bonds is 8. The molecule has 1 aromatic heterocycles. The van der Waals surface area contributed by atoms with Crippen LogP contribution in [0, 0.1) is 0 Å². The van der Waals surface area contributed by atoms with Gasteiger partial charge in [-0.1, -0.05) is 77.1 Å². The number of carbonyl (C=O) groups excluding carboxylic acids is 1. The first kappa shape index (κ1) is 22.3. The smallest absolute Gasteiger partial charge is 0.234 e. The average Bonchev–Trinajstić information content (AvgIpc) is 3.22. The van der Waals surface area contributed by atoms with Crippen molar-refractivity contribution in [3.63, 3.8) is 0 Å². The van der Waals surface area contributed by atoms with Gasteiger partial charge in [-0.25, -0.2) is 0 Å². The molecule has 162 valence electrons. The highest BCUT2D eigenvalue weighted by Gasteiger charge is 2.16. The summed E-state index contributed by atoms with van der Waals surface area (Å²) in [5.41, 5.74) is 4.19. The van der Waals surface area contributed by atoms with Crippen molar-refractivity contribution < 1.29 is 4.79 Å². The summed E-state index contributed by atoms with van der Waals surface area (Å²) in [6.07, 6.45) is 1.65. The fraction of sp³-hybridized carbons (Fsp3) is 0.160. The summed E-state index contributed by atoms with van der Waals surface area (Å²) in [5, 5.41) is 12.5. The van der Waals surface area contributed by atoms with Gasteiger partial charge in [0.1, 0.15) is 5.82 Å². The molecule has 0 aliphatic heterocycles. The monoisotopic (exact) mass is 506 g/mol. The van der Waals surface area contributed by atoms with Crippen LogP contribution in [-0.4, -0.2) is 26.4 Å². The fourth-order valence-electron chi connectivity index (χ4n) is 3.29. The molecule has 4 rings (SSSR count). The maximum atomic E-state index is 12.5. The SMILES string of the molecule is CCc1ccc(-n2c(Cc3ccccc3)nnc2SCC(=O)Nc2ccc(Br)cc2)cc1. The van der Waals surface area contributed by atoms with E-state index in [1.54, 1.807) is 0 Å². The van der Waals surface area contributed by atoms with Gasteiger partial charge in [-0.3, -0.25) is 9.36 Å². The number of benzene rings is 3. The number of carbonyl (C=O) groups is 1. The number of hydrogen-bond donors (Lipinski definition) is 1. The predicted molar refractivity (Wildman–Crippen MR) is 133 cm³/mol. The first-order chi connectivity index (χ1) is 15.6. The Balaban J connectivity index is 1.55. The van der Waals surface area contributed by atoms with Crippen LogP contribution in [0.15, 0.2) is 88.5 Å². The number of nitrogens with zero attached hydrogens (tertiary/aromatic N) is 3. The molecule has 0 radical (unpaired) electrons. The van der Waals surface area contributed by atoms with Crippen molar-refractivity contribution in [2.45, 2.75) is 24.9 Å². The van der Waals surface area contributed by atoms with E-state index >= 15 is 0 Å². The van der Waals surface area contributed by atoms with Gasteiger partial charge < -0.3 is 5.32 Å². The Morgan fingerprint density at radius 2 is 1.66 bits per heavy atom. The molecule has 5 nitrogen and oxygen atoms in total. The molecular formula is C25H23BrN4OS. The molecule has 0 unspecified atom stereocenters. The molecule has 1 heterocycles. The van der Waals surface area contributed by atoms with E-state index in [1.165, 1.54) is 17.3 Å². The summed E-state index contributed by atoms with van der Waals surface area (Å²) in [6.45, 7) is 2.14. The lowest BCUT2D eigenvalue weighted by Gasteiger charge is -2.11. The second-order valence-corrected chi connectivity index (χ2v) is 9.12. The lowest BCUT2D eigenvalue weighted by Crippen LogP contribution is -2.14. The van der Waals surface area contributed by atoms with Crippen LogP contribution in [0.3, 0.4) is 0 Å². The summed E-state index contributed by atoms with van der Waals surface area (Å²) in [7, 11) is 0. The van der Waals surface area contributed by atoms with Crippen molar-refractivity contribution in [1.82, 2.24) is 14.8 Å². The Labute approximate surface area is 200 Å². The molecule has 0 fully saturated rings. The molecule has 0 spiro atoms. The van der Waals surface area contributed by atoms with Crippen LogP contribution in [0.5, 0.6) is 0 Å². The minimum atomic E-state index is -0.0854. The lowest BCUT2D eigenvalue weighted by molar-refractivity contribution is -0.113. The Morgan fingerprint density at radius 3 is 2.34 bits per heavy atom. The summed E-state index contributed by atoms with van der Waals surface area (Å²) < 4.78 is 3.02. The molecule has 1 amide bonds. The van der Waals surface area contributed by atoms with Crippen molar-refractivity contribution in [2.75, 3.05) is 11.1 Å². The highest BCUT2D eigenvalue weighted by Crippen LogP contribution is 2.24. The topological polar surface area (TPSA) is 59.8 Å². The third-order valence-electron chi connectivity index (χ3n) is 4.97. The maximum absolute atomic E-state index is 12.5. The molecular weight excluding hydrogens is 484 g/mol. The number of thioether (sulfide) groups is 1. The number of anilines is 1. The van der Waals surface area contributed by atoms with Crippen LogP contribution in [0.2, 0.25) is 0 Å². The minimum absolute atomic E-state index is 0.0854. The van der Waals surface area contributed by atoms with Gasteiger partial charge in [0, 0.05) is 22.3 Å². The maximum Gasteiger partial charge on any atom is 0.234 e. The Morgan fingerprint density at radius 1 is 0.938 bits per heavy atom. The standard InChI is InChI=1S/C25H23BrN4OS/c1-2-18-8-14-22(15-9-18)30-23(16-19-6-4-3-5-7-19)28-29-25(30)32-17-24(31)27-21-12-10-20(26)11-13-21/h3-15H,2,16-17H2,1H3,(H,27,31). The zero-order valence-corrected chi connectivity index (χ0v) is 20.1. The van der Waals surface area contributed by atoms with Gasteiger partial charge in [-0.05, 0) is 53.9 Å². The van der Waals surface area contributed by atoms with Crippen molar-refractivity contribution in [2.24, 2.45) is 0 Å². The number of halogens is 1. The number of aryl methyl sites for hydroxylation is 1. The van der Waals surface area contributed by atoms with Gasteiger partial charge in [0.25, 0.3) is 0 Å².